The number of nitro benzene ring substituents is 1. The van der Waals surface area contributed by atoms with Crippen LogP contribution in [0.5, 0.6) is 0 Å². The Morgan fingerprint density at radius 2 is 1.87 bits per heavy atom. The van der Waals surface area contributed by atoms with Crippen LogP contribution in [0.1, 0.15) is 27.9 Å². The molecule has 0 unspecified atom stereocenters. The number of nitrogens with one attached hydrogen (secondary N) is 1. The van der Waals surface area contributed by atoms with Gasteiger partial charge in [-0.1, -0.05) is 23.8 Å². The molecule has 1 saturated heterocycles. The van der Waals surface area contributed by atoms with Gasteiger partial charge in [-0.3, -0.25) is 24.6 Å². The summed E-state index contributed by atoms with van der Waals surface area (Å²) in [6.45, 7) is 6.43. The fourth-order valence-electron chi connectivity index (χ4n) is 3.54. The van der Waals surface area contributed by atoms with E-state index in [9.17, 15) is 19.7 Å². The number of hydrogen-bond acceptors (Lipinski definition) is 5. The van der Waals surface area contributed by atoms with E-state index in [1.807, 2.05) is 41.0 Å². The minimum atomic E-state index is -0.482. The van der Waals surface area contributed by atoms with Crippen LogP contribution in [-0.4, -0.2) is 59.3 Å². The first kappa shape index (κ1) is 21.4. The number of amides is 2. The summed E-state index contributed by atoms with van der Waals surface area (Å²) in [6, 6.07) is 12.0. The summed E-state index contributed by atoms with van der Waals surface area (Å²) in [5, 5.41) is 13.7. The minimum absolute atomic E-state index is 0.0113. The summed E-state index contributed by atoms with van der Waals surface area (Å²) in [5.74, 6) is -0.214. The molecule has 0 saturated carbocycles. The van der Waals surface area contributed by atoms with Crippen molar-refractivity contribution in [2.45, 2.75) is 20.3 Å². The first-order chi connectivity index (χ1) is 14.3. The number of aryl methyl sites for hydroxylation is 2. The van der Waals surface area contributed by atoms with Crippen LogP contribution in [0, 0.1) is 24.0 Å². The van der Waals surface area contributed by atoms with Gasteiger partial charge >= 0.3 is 0 Å². The molecular formula is C22H26N4O4. The molecule has 30 heavy (non-hydrogen) atoms. The molecule has 1 fully saturated rings. The average Bonchev–Trinajstić information content (AvgIpc) is 2.94. The maximum atomic E-state index is 12.8. The monoisotopic (exact) mass is 410 g/mol. The first-order valence-corrected chi connectivity index (χ1v) is 9.96. The van der Waals surface area contributed by atoms with Gasteiger partial charge in [0.05, 0.1) is 17.2 Å². The van der Waals surface area contributed by atoms with Gasteiger partial charge in [-0.15, -0.1) is 0 Å². The molecule has 8 heteroatoms. The van der Waals surface area contributed by atoms with Crippen molar-refractivity contribution in [3.8, 4) is 0 Å². The second kappa shape index (κ2) is 9.49. The SMILES string of the molecule is Cc1cccc(C(=O)N2CCCN(CC(=O)Nc3cc([N+](=O)[O-])ccc3C)CC2)c1. The van der Waals surface area contributed by atoms with Crippen molar-refractivity contribution in [1.29, 1.82) is 0 Å². The van der Waals surface area contributed by atoms with Crippen molar-refractivity contribution < 1.29 is 14.5 Å². The zero-order valence-electron chi connectivity index (χ0n) is 17.3. The molecule has 1 aliphatic heterocycles. The van der Waals surface area contributed by atoms with E-state index >= 15 is 0 Å². The van der Waals surface area contributed by atoms with Crippen LogP contribution < -0.4 is 5.32 Å². The molecule has 1 N–H and O–H groups in total. The summed E-state index contributed by atoms with van der Waals surface area (Å²) in [7, 11) is 0. The second-order valence-electron chi connectivity index (χ2n) is 7.60. The standard InChI is InChI=1S/C22H26N4O4/c1-16-5-3-6-18(13-16)22(28)25-10-4-9-24(11-12-25)15-21(27)23-20-14-19(26(29)30)8-7-17(20)2/h3,5-8,13-14H,4,9-12,15H2,1-2H3,(H,23,27). The van der Waals surface area contributed by atoms with Crippen LogP contribution in [0.2, 0.25) is 0 Å². The molecule has 158 valence electrons. The Balaban J connectivity index is 1.57. The molecule has 1 heterocycles. The van der Waals surface area contributed by atoms with E-state index in [2.05, 4.69) is 5.32 Å². The summed E-state index contributed by atoms with van der Waals surface area (Å²) < 4.78 is 0. The zero-order chi connectivity index (χ0) is 21.7. The van der Waals surface area contributed by atoms with Crippen LogP contribution in [0.3, 0.4) is 0 Å². The number of non-ortho nitro benzene ring substituents is 1. The van der Waals surface area contributed by atoms with Gasteiger partial charge in [-0.2, -0.15) is 0 Å². The molecular weight excluding hydrogens is 384 g/mol. The Bertz CT molecular complexity index is 960. The Hall–Kier alpha value is -3.26. The highest BCUT2D eigenvalue weighted by atomic mass is 16.6. The summed E-state index contributed by atoms with van der Waals surface area (Å²) in [6.07, 6.45) is 0.778. The van der Waals surface area contributed by atoms with Crippen LogP contribution in [-0.2, 0) is 4.79 Å². The van der Waals surface area contributed by atoms with Crippen LogP contribution in [0.25, 0.3) is 0 Å². The summed E-state index contributed by atoms with van der Waals surface area (Å²) in [5.41, 5.74) is 2.88. The first-order valence-electron chi connectivity index (χ1n) is 9.96. The maximum Gasteiger partial charge on any atom is 0.271 e. The zero-order valence-corrected chi connectivity index (χ0v) is 17.3. The lowest BCUT2D eigenvalue weighted by molar-refractivity contribution is -0.384. The molecule has 0 radical (unpaired) electrons. The largest absolute Gasteiger partial charge is 0.337 e. The van der Waals surface area contributed by atoms with Crippen molar-refractivity contribution in [3.05, 3.63) is 69.3 Å². The predicted octanol–water partition coefficient (Wildman–Crippen LogP) is 3.00. The fraction of sp³-hybridized carbons (Fsp3) is 0.364. The number of anilines is 1. The van der Waals surface area contributed by atoms with Gasteiger partial charge in [0.25, 0.3) is 11.6 Å². The maximum absolute atomic E-state index is 12.8. The molecule has 2 aromatic carbocycles. The molecule has 1 aliphatic rings. The van der Waals surface area contributed by atoms with E-state index in [0.717, 1.165) is 17.5 Å². The van der Waals surface area contributed by atoms with Gasteiger partial charge < -0.3 is 10.2 Å². The second-order valence-corrected chi connectivity index (χ2v) is 7.60. The number of rotatable bonds is 5. The van der Waals surface area contributed by atoms with E-state index < -0.39 is 4.92 Å². The van der Waals surface area contributed by atoms with Crippen molar-refractivity contribution in [3.63, 3.8) is 0 Å². The summed E-state index contributed by atoms with van der Waals surface area (Å²) >= 11 is 0. The van der Waals surface area contributed by atoms with Gasteiger partial charge in [0, 0.05) is 43.9 Å². The predicted molar refractivity (Wildman–Crippen MR) is 115 cm³/mol. The highest BCUT2D eigenvalue weighted by Gasteiger charge is 2.22. The van der Waals surface area contributed by atoms with Gasteiger partial charge in [0.15, 0.2) is 0 Å². The molecule has 8 nitrogen and oxygen atoms in total. The molecule has 3 rings (SSSR count). The summed E-state index contributed by atoms with van der Waals surface area (Å²) in [4.78, 5) is 39.6. The van der Waals surface area contributed by atoms with Crippen LogP contribution in [0.4, 0.5) is 11.4 Å². The highest BCUT2D eigenvalue weighted by Crippen LogP contribution is 2.22. The molecule has 0 bridgehead atoms. The Labute approximate surface area is 175 Å². The third-order valence-electron chi connectivity index (χ3n) is 5.21. The molecule has 0 spiro atoms. The van der Waals surface area contributed by atoms with Crippen molar-refractivity contribution in [2.75, 3.05) is 38.0 Å². The third-order valence-corrected chi connectivity index (χ3v) is 5.21. The van der Waals surface area contributed by atoms with Gasteiger partial charge in [-0.25, -0.2) is 0 Å². The Morgan fingerprint density at radius 1 is 1.07 bits per heavy atom. The van der Waals surface area contributed by atoms with E-state index in [1.165, 1.54) is 12.1 Å². The lowest BCUT2D eigenvalue weighted by Gasteiger charge is -2.22. The molecule has 0 atom stereocenters. The Morgan fingerprint density at radius 3 is 2.60 bits per heavy atom. The average molecular weight is 410 g/mol. The van der Waals surface area contributed by atoms with Gasteiger partial charge in [-0.05, 0) is 38.0 Å². The molecule has 2 aromatic rings. The smallest absolute Gasteiger partial charge is 0.271 e. The fourth-order valence-corrected chi connectivity index (χ4v) is 3.54. The van der Waals surface area contributed by atoms with E-state index in [4.69, 9.17) is 0 Å². The lowest BCUT2D eigenvalue weighted by atomic mass is 10.1. The van der Waals surface area contributed by atoms with Gasteiger partial charge in [0.2, 0.25) is 5.91 Å². The lowest BCUT2D eigenvalue weighted by Crippen LogP contribution is -2.38. The Kier molecular flexibility index (Phi) is 6.79. The van der Waals surface area contributed by atoms with E-state index in [0.29, 0.717) is 37.4 Å². The number of nitrogens with zero attached hydrogens (tertiary/aromatic N) is 3. The van der Waals surface area contributed by atoms with Crippen LogP contribution >= 0.6 is 0 Å². The molecule has 0 aliphatic carbocycles. The van der Waals surface area contributed by atoms with Crippen molar-refractivity contribution in [1.82, 2.24) is 9.80 Å². The van der Waals surface area contributed by atoms with Crippen molar-refractivity contribution >= 4 is 23.2 Å². The number of carbonyl (C=O) groups excluding carboxylic acids is 2. The van der Waals surface area contributed by atoms with Gasteiger partial charge in [0.1, 0.15) is 0 Å². The number of nitro groups is 1. The van der Waals surface area contributed by atoms with Crippen LogP contribution in [0.15, 0.2) is 42.5 Å². The normalized spacial score (nSPS) is 14.8. The highest BCUT2D eigenvalue weighted by molar-refractivity contribution is 5.94. The minimum Gasteiger partial charge on any atom is -0.337 e. The topological polar surface area (TPSA) is 95.8 Å². The van der Waals surface area contributed by atoms with Crippen molar-refractivity contribution in [2.24, 2.45) is 0 Å². The number of carbonyl (C=O) groups is 2. The third kappa shape index (κ3) is 5.42. The number of benzene rings is 2. The van der Waals surface area contributed by atoms with E-state index in [-0.39, 0.29) is 24.0 Å². The molecule has 2 amide bonds. The van der Waals surface area contributed by atoms with E-state index in [1.54, 1.807) is 13.0 Å². The number of hydrogen-bond donors (Lipinski definition) is 1. The quantitative estimate of drug-likeness (QED) is 0.604. The molecule has 0 aromatic heterocycles.